The van der Waals surface area contributed by atoms with E-state index in [4.69, 9.17) is 0 Å². The van der Waals surface area contributed by atoms with Crippen LogP contribution in [0.2, 0.25) is 0 Å². The van der Waals surface area contributed by atoms with E-state index in [2.05, 4.69) is 60.5 Å². The van der Waals surface area contributed by atoms with Crippen LogP contribution in [-0.4, -0.2) is 11.0 Å². The van der Waals surface area contributed by atoms with Gasteiger partial charge in [-0.1, -0.05) is 24.3 Å². The smallest absolute Gasteiger partial charge is 0.0346 e. The summed E-state index contributed by atoms with van der Waals surface area (Å²) in [6.07, 6.45) is 4.98. The Kier molecular flexibility index (Phi) is 4.32. The minimum absolute atomic E-state index is 0.460. The highest BCUT2D eigenvalue weighted by atomic mass is 32.1. The molecule has 0 amide bonds. The highest BCUT2D eigenvalue weighted by molar-refractivity contribution is 7.11. The minimum Gasteiger partial charge on any atom is -0.310 e. The summed E-state index contributed by atoms with van der Waals surface area (Å²) in [6, 6.07) is 13.3. The molecule has 0 aliphatic carbocycles. The van der Waals surface area contributed by atoms with Crippen LogP contribution in [-0.2, 0) is 13.0 Å². The molecule has 1 aromatic carbocycles. The third-order valence-electron chi connectivity index (χ3n) is 3.70. The number of thiophene rings is 1. The molecule has 1 atom stereocenters. The topological polar surface area (TPSA) is 24.9 Å². The van der Waals surface area contributed by atoms with E-state index in [0.29, 0.717) is 6.04 Å². The Hall–Kier alpha value is -1.71. The lowest BCUT2D eigenvalue weighted by Crippen LogP contribution is -2.27. The van der Waals surface area contributed by atoms with Gasteiger partial charge in [-0.15, -0.1) is 11.3 Å². The van der Waals surface area contributed by atoms with Gasteiger partial charge in [0.2, 0.25) is 0 Å². The molecule has 3 rings (SSSR count). The molecule has 2 aromatic heterocycles. The van der Waals surface area contributed by atoms with Crippen LogP contribution in [0.25, 0.3) is 10.8 Å². The first-order chi connectivity index (χ1) is 10.2. The third kappa shape index (κ3) is 3.49. The van der Waals surface area contributed by atoms with Crippen LogP contribution in [0.15, 0.2) is 48.8 Å². The summed E-state index contributed by atoms with van der Waals surface area (Å²) in [7, 11) is 0. The Morgan fingerprint density at radius 3 is 2.81 bits per heavy atom. The van der Waals surface area contributed by atoms with Gasteiger partial charge in [-0.25, -0.2) is 0 Å². The van der Waals surface area contributed by atoms with E-state index in [1.54, 1.807) is 0 Å². The van der Waals surface area contributed by atoms with E-state index in [9.17, 15) is 0 Å². The van der Waals surface area contributed by atoms with Crippen molar-refractivity contribution in [2.45, 2.75) is 32.9 Å². The molecule has 1 N–H and O–H groups in total. The molecule has 3 aromatic rings. The van der Waals surface area contributed by atoms with Crippen molar-refractivity contribution in [1.82, 2.24) is 10.3 Å². The normalized spacial score (nSPS) is 12.7. The van der Waals surface area contributed by atoms with E-state index >= 15 is 0 Å². The molecule has 0 spiro atoms. The highest BCUT2D eigenvalue weighted by Gasteiger charge is 2.07. The summed E-state index contributed by atoms with van der Waals surface area (Å²) in [5.41, 5.74) is 1.27. The molecule has 2 nitrogen and oxygen atoms in total. The van der Waals surface area contributed by atoms with E-state index in [-0.39, 0.29) is 0 Å². The minimum atomic E-state index is 0.460. The van der Waals surface area contributed by atoms with Gasteiger partial charge in [0.15, 0.2) is 0 Å². The molecule has 0 saturated carbocycles. The SMILES string of the molecule is Cc1ccc(CC(C)NCc2cncc3ccccc23)s1. The van der Waals surface area contributed by atoms with Crippen molar-refractivity contribution >= 4 is 22.1 Å². The monoisotopic (exact) mass is 296 g/mol. The molecule has 21 heavy (non-hydrogen) atoms. The number of benzene rings is 1. The van der Waals surface area contributed by atoms with Gasteiger partial charge in [0.05, 0.1) is 0 Å². The number of nitrogens with zero attached hydrogens (tertiary/aromatic N) is 1. The van der Waals surface area contributed by atoms with E-state index in [0.717, 1.165) is 13.0 Å². The molecule has 0 saturated heterocycles. The highest BCUT2D eigenvalue weighted by Crippen LogP contribution is 2.18. The second-order valence-corrected chi connectivity index (χ2v) is 6.89. The van der Waals surface area contributed by atoms with Gasteiger partial charge < -0.3 is 5.32 Å². The summed E-state index contributed by atoms with van der Waals surface area (Å²) in [5, 5.41) is 6.11. The Labute approximate surface area is 129 Å². The maximum absolute atomic E-state index is 4.34. The van der Waals surface area contributed by atoms with Crippen molar-refractivity contribution in [3.8, 4) is 0 Å². The van der Waals surface area contributed by atoms with Gasteiger partial charge >= 0.3 is 0 Å². The molecule has 2 heterocycles. The second-order valence-electron chi connectivity index (χ2n) is 5.52. The molecule has 0 bridgehead atoms. The number of rotatable bonds is 5. The Balaban J connectivity index is 1.66. The van der Waals surface area contributed by atoms with Gasteiger partial charge in [-0.2, -0.15) is 0 Å². The lowest BCUT2D eigenvalue weighted by molar-refractivity contribution is 0.549. The number of hydrogen-bond acceptors (Lipinski definition) is 3. The maximum Gasteiger partial charge on any atom is 0.0346 e. The molecule has 1 unspecified atom stereocenters. The fourth-order valence-electron chi connectivity index (χ4n) is 2.57. The van der Waals surface area contributed by atoms with E-state index < -0.39 is 0 Å². The molecular weight excluding hydrogens is 276 g/mol. The van der Waals surface area contributed by atoms with Crippen molar-refractivity contribution in [1.29, 1.82) is 0 Å². The summed E-state index contributed by atoms with van der Waals surface area (Å²) in [4.78, 5) is 7.17. The van der Waals surface area contributed by atoms with E-state index in [1.807, 2.05) is 23.7 Å². The zero-order valence-corrected chi connectivity index (χ0v) is 13.3. The Morgan fingerprint density at radius 1 is 1.14 bits per heavy atom. The second kappa shape index (κ2) is 6.37. The van der Waals surface area contributed by atoms with Crippen molar-refractivity contribution in [3.05, 3.63) is 64.1 Å². The average molecular weight is 296 g/mol. The number of pyridine rings is 1. The zero-order chi connectivity index (χ0) is 14.7. The van der Waals surface area contributed by atoms with Crippen LogP contribution < -0.4 is 5.32 Å². The predicted molar refractivity (Wildman–Crippen MR) is 90.8 cm³/mol. The molecule has 0 radical (unpaired) electrons. The van der Waals surface area contributed by atoms with Crippen molar-refractivity contribution < 1.29 is 0 Å². The average Bonchev–Trinajstić information content (AvgIpc) is 2.90. The van der Waals surface area contributed by atoms with Crippen LogP contribution in [0.3, 0.4) is 0 Å². The van der Waals surface area contributed by atoms with Gasteiger partial charge in [0, 0.05) is 40.1 Å². The van der Waals surface area contributed by atoms with Gasteiger partial charge in [-0.3, -0.25) is 4.98 Å². The number of hydrogen-bond donors (Lipinski definition) is 1. The quantitative estimate of drug-likeness (QED) is 0.758. The van der Waals surface area contributed by atoms with Gasteiger partial charge in [0.1, 0.15) is 0 Å². The Bertz CT molecular complexity index is 727. The summed E-state index contributed by atoms with van der Waals surface area (Å²) in [6.45, 7) is 5.27. The molecule has 0 aliphatic rings. The fraction of sp³-hybridized carbons (Fsp3) is 0.278. The van der Waals surface area contributed by atoms with Crippen LogP contribution in [0.5, 0.6) is 0 Å². The Morgan fingerprint density at radius 2 is 2.00 bits per heavy atom. The van der Waals surface area contributed by atoms with E-state index in [1.165, 1.54) is 26.1 Å². The lowest BCUT2D eigenvalue weighted by Gasteiger charge is -2.14. The lowest BCUT2D eigenvalue weighted by atomic mass is 10.1. The largest absolute Gasteiger partial charge is 0.310 e. The van der Waals surface area contributed by atoms with Crippen LogP contribution in [0, 0.1) is 6.92 Å². The van der Waals surface area contributed by atoms with Crippen LogP contribution >= 0.6 is 11.3 Å². The maximum atomic E-state index is 4.34. The van der Waals surface area contributed by atoms with Crippen molar-refractivity contribution in [3.63, 3.8) is 0 Å². The molecule has 0 fully saturated rings. The number of nitrogens with one attached hydrogen (secondary N) is 1. The number of aryl methyl sites for hydroxylation is 1. The summed E-state index contributed by atoms with van der Waals surface area (Å²) in [5.74, 6) is 0. The summed E-state index contributed by atoms with van der Waals surface area (Å²) >= 11 is 1.89. The predicted octanol–water partition coefficient (Wildman–Crippen LogP) is 4.33. The first kappa shape index (κ1) is 14.2. The third-order valence-corrected chi connectivity index (χ3v) is 4.72. The standard InChI is InChI=1S/C18H20N2S/c1-13(9-17-8-7-14(2)21-17)20-12-16-11-19-10-15-5-3-4-6-18(15)16/h3-8,10-11,13,20H,9,12H2,1-2H3. The first-order valence-electron chi connectivity index (χ1n) is 7.32. The molecule has 0 aliphatic heterocycles. The first-order valence-corrected chi connectivity index (χ1v) is 8.14. The zero-order valence-electron chi connectivity index (χ0n) is 12.5. The molecule has 3 heteroatoms. The summed E-state index contributed by atoms with van der Waals surface area (Å²) < 4.78 is 0. The van der Waals surface area contributed by atoms with Crippen molar-refractivity contribution in [2.24, 2.45) is 0 Å². The number of aromatic nitrogens is 1. The number of fused-ring (bicyclic) bond motifs is 1. The van der Waals surface area contributed by atoms with Crippen molar-refractivity contribution in [2.75, 3.05) is 0 Å². The van der Waals surface area contributed by atoms with Crippen LogP contribution in [0.1, 0.15) is 22.2 Å². The molecule has 108 valence electrons. The van der Waals surface area contributed by atoms with Gasteiger partial charge in [0.25, 0.3) is 0 Å². The van der Waals surface area contributed by atoms with Crippen LogP contribution in [0.4, 0.5) is 0 Å². The molecular formula is C18H20N2S. The fourth-order valence-corrected chi connectivity index (χ4v) is 3.59. The van der Waals surface area contributed by atoms with Gasteiger partial charge in [-0.05, 0) is 43.4 Å².